The molecule has 2 aromatic rings. The van der Waals surface area contributed by atoms with Crippen LogP contribution in [0.2, 0.25) is 0 Å². The second-order valence-corrected chi connectivity index (χ2v) is 7.96. The van der Waals surface area contributed by atoms with Crippen LogP contribution in [0.5, 0.6) is 0 Å². The number of amides is 2. The van der Waals surface area contributed by atoms with E-state index in [1.165, 1.54) is 16.3 Å². The molecule has 0 saturated carbocycles. The fourth-order valence-electron chi connectivity index (χ4n) is 3.11. The average Bonchev–Trinajstić information content (AvgIpc) is 3.13. The van der Waals surface area contributed by atoms with Crippen molar-refractivity contribution in [2.24, 2.45) is 5.10 Å². The molecule has 1 aliphatic rings. The van der Waals surface area contributed by atoms with E-state index in [2.05, 4.69) is 34.5 Å². The molecule has 0 aliphatic carbocycles. The molecule has 1 aromatic heterocycles. The lowest BCUT2D eigenvalue weighted by atomic mass is 10.1. The summed E-state index contributed by atoms with van der Waals surface area (Å²) in [6.07, 6.45) is 2.52. The molecular formula is C20H25N5O2S. The van der Waals surface area contributed by atoms with Crippen LogP contribution in [0.25, 0.3) is 0 Å². The zero-order valence-corrected chi connectivity index (χ0v) is 17.5. The zero-order chi connectivity index (χ0) is 20.3. The Morgan fingerprint density at radius 1 is 1.21 bits per heavy atom. The van der Waals surface area contributed by atoms with Crippen LogP contribution in [-0.4, -0.2) is 27.7 Å². The van der Waals surface area contributed by atoms with Crippen molar-refractivity contribution in [3.05, 3.63) is 34.3 Å². The quantitative estimate of drug-likeness (QED) is 0.789. The van der Waals surface area contributed by atoms with E-state index in [4.69, 9.17) is 0 Å². The van der Waals surface area contributed by atoms with E-state index in [1.807, 2.05) is 32.0 Å². The minimum Gasteiger partial charge on any atom is -0.295 e. The van der Waals surface area contributed by atoms with Crippen LogP contribution in [0.15, 0.2) is 23.3 Å². The van der Waals surface area contributed by atoms with Gasteiger partial charge in [-0.15, -0.1) is 10.2 Å². The highest BCUT2D eigenvalue weighted by molar-refractivity contribution is 7.15. The van der Waals surface area contributed by atoms with Gasteiger partial charge in [0.05, 0.1) is 5.69 Å². The molecule has 1 aromatic carbocycles. The number of nitrogens with zero attached hydrogens (tertiary/aromatic N) is 4. The molecule has 0 unspecified atom stereocenters. The number of nitrogens with one attached hydrogen (secondary N) is 1. The fraction of sp³-hybridized carbons (Fsp3) is 0.450. The molecule has 3 rings (SSSR count). The smallest absolute Gasteiger partial charge is 0.273 e. The van der Waals surface area contributed by atoms with Crippen LogP contribution in [0.1, 0.15) is 61.6 Å². The maximum Gasteiger partial charge on any atom is 0.273 e. The SMILES string of the molecule is CCC(CC)c1nnc(NC(=O)C2=NN(c3cc(C)ccc3C)C(=O)CC2)s1. The van der Waals surface area contributed by atoms with Crippen molar-refractivity contribution in [3.8, 4) is 0 Å². The molecule has 7 nitrogen and oxygen atoms in total. The number of rotatable bonds is 6. The highest BCUT2D eigenvalue weighted by Crippen LogP contribution is 2.29. The number of hydrogen-bond acceptors (Lipinski definition) is 6. The second kappa shape index (κ2) is 8.60. The van der Waals surface area contributed by atoms with E-state index in [0.717, 1.165) is 29.0 Å². The van der Waals surface area contributed by atoms with Gasteiger partial charge in [-0.1, -0.05) is 37.3 Å². The van der Waals surface area contributed by atoms with Crippen LogP contribution in [0.3, 0.4) is 0 Å². The summed E-state index contributed by atoms with van der Waals surface area (Å²) in [5, 5.41) is 18.2. The van der Waals surface area contributed by atoms with E-state index in [-0.39, 0.29) is 18.2 Å². The monoisotopic (exact) mass is 399 g/mol. The van der Waals surface area contributed by atoms with Gasteiger partial charge in [-0.25, -0.2) is 5.01 Å². The summed E-state index contributed by atoms with van der Waals surface area (Å²) in [5.74, 6) is -0.0974. The molecule has 28 heavy (non-hydrogen) atoms. The summed E-state index contributed by atoms with van der Waals surface area (Å²) in [6.45, 7) is 8.11. The number of carbonyl (C=O) groups is 2. The van der Waals surface area contributed by atoms with Crippen molar-refractivity contribution in [2.75, 3.05) is 10.3 Å². The van der Waals surface area contributed by atoms with Crippen LogP contribution < -0.4 is 10.3 Å². The first-order valence-electron chi connectivity index (χ1n) is 9.55. The topological polar surface area (TPSA) is 87.6 Å². The Morgan fingerprint density at radius 3 is 2.68 bits per heavy atom. The molecular weight excluding hydrogens is 374 g/mol. The molecule has 2 heterocycles. The van der Waals surface area contributed by atoms with Gasteiger partial charge < -0.3 is 0 Å². The Balaban J connectivity index is 1.80. The van der Waals surface area contributed by atoms with Gasteiger partial charge in [-0.05, 0) is 43.9 Å². The normalized spacial score (nSPS) is 14.4. The maximum atomic E-state index is 12.7. The molecule has 1 aliphatic heterocycles. The Hall–Kier alpha value is -2.61. The molecule has 0 saturated heterocycles. The van der Waals surface area contributed by atoms with Crippen LogP contribution in [0, 0.1) is 13.8 Å². The predicted octanol–water partition coefficient (Wildman–Crippen LogP) is 4.18. The molecule has 2 amide bonds. The van der Waals surface area contributed by atoms with Gasteiger partial charge >= 0.3 is 0 Å². The van der Waals surface area contributed by atoms with Crippen LogP contribution in [-0.2, 0) is 9.59 Å². The lowest BCUT2D eigenvalue weighted by Gasteiger charge is -2.24. The van der Waals surface area contributed by atoms with E-state index in [1.54, 1.807) is 0 Å². The summed E-state index contributed by atoms with van der Waals surface area (Å²) in [4.78, 5) is 25.1. The van der Waals surface area contributed by atoms with Crippen molar-refractivity contribution < 1.29 is 9.59 Å². The van der Waals surface area contributed by atoms with E-state index < -0.39 is 0 Å². The largest absolute Gasteiger partial charge is 0.295 e. The first-order valence-corrected chi connectivity index (χ1v) is 10.4. The number of hydrazone groups is 1. The molecule has 0 radical (unpaired) electrons. The first-order chi connectivity index (χ1) is 13.4. The summed E-state index contributed by atoms with van der Waals surface area (Å²) >= 11 is 1.39. The number of benzene rings is 1. The van der Waals surface area contributed by atoms with Gasteiger partial charge in [0.1, 0.15) is 10.7 Å². The molecule has 0 bridgehead atoms. The fourth-order valence-corrected chi connectivity index (χ4v) is 4.11. The van der Waals surface area contributed by atoms with Gasteiger partial charge in [0.2, 0.25) is 11.0 Å². The van der Waals surface area contributed by atoms with Crippen molar-refractivity contribution in [1.29, 1.82) is 0 Å². The third-order valence-electron chi connectivity index (χ3n) is 4.88. The summed E-state index contributed by atoms with van der Waals surface area (Å²) in [7, 11) is 0. The van der Waals surface area contributed by atoms with E-state index >= 15 is 0 Å². The van der Waals surface area contributed by atoms with Crippen molar-refractivity contribution >= 4 is 39.7 Å². The Bertz CT molecular complexity index is 917. The molecule has 0 fully saturated rings. The Morgan fingerprint density at radius 2 is 1.96 bits per heavy atom. The van der Waals surface area contributed by atoms with Gasteiger partial charge in [-0.3, -0.25) is 14.9 Å². The van der Waals surface area contributed by atoms with E-state index in [0.29, 0.717) is 28.9 Å². The predicted molar refractivity (Wildman–Crippen MR) is 112 cm³/mol. The summed E-state index contributed by atoms with van der Waals surface area (Å²) in [6, 6.07) is 5.84. The molecule has 1 N–H and O–H groups in total. The van der Waals surface area contributed by atoms with Gasteiger partial charge in [-0.2, -0.15) is 5.10 Å². The lowest BCUT2D eigenvalue weighted by molar-refractivity contribution is -0.118. The highest BCUT2D eigenvalue weighted by atomic mass is 32.1. The second-order valence-electron chi connectivity index (χ2n) is 6.96. The van der Waals surface area contributed by atoms with Gasteiger partial charge in [0, 0.05) is 18.8 Å². The highest BCUT2D eigenvalue weighted by Gasteiger charge is 2.27. The molecule has 0 atom stereocenters. The van der Waals surface area contributed by atoms with Crippen LogP contribution >= 0.6 is 11.3 Å². The lowest BCUT2D eigenvalue weighted by Crippen LogP contribution is -2.36. The number of anilines is 2. The number of hydrogen-bond donors (Lipinski definition) is 1. The Labute approximate surface area is 168 Å². The number of aryl methyl sites for hydroxylation is 2. The third kappa shape index (κ3) is 4.27. The van der Waals surface area contributed by atoms with Crippen LogP contribution in [0.4, 0.5) is 10.8 Å². The summed E-state index contributed by atoms with van der Waals surface area (Å²) in [5.41, 5.74) is 2.99. The average molecular weight is 400 g/mol. The van der Waals surface area contributed by atoms with Gasteiger partial charge in [0.25, 0.3) is 5.91 Å². The van der Waals surface area contributed by atoms with Crippen molar-refractivity contribution in [3.63, 3.8) is 0 Å². The first kappa shape index (κ1) is 20.1. The molecule has 148 valence electrons. The third-order valence-corrected chi connectivity index (χ3v) is 5.88. The minimum absolute atomic E-state index is 0.114. The standard InChI is InChI=1S/C20H25N5O2S/c1-5-14(6-2)19-22-23-20(28-19)21-18(27)15-9-10-17(26)25(24-15)16-11-12(3)7-8-13(16)4/h7-8,11,14H,5-6,9-10H2,1-4H3,(H,21,23,27). The number of aromatic nitrogens is 2. The van der Waals surface area contributed by atoms with Gasteiger partial charge in [0.15, 0.2) is 0 Å². The van der Waals surface area contributed by atoms with Crippen molar-refractivity contribution in [2.45, 2.75) is 59.3 Å². The minimum atomic E-state index is -0.338. The molecule has 8 heteroatoms. The number of carbonyl (C=O) groups excluding carboxylic acids is 2. The molecule has 0 spiro atoms. The van der Waals surface area contributed by atoms with Crippen molar-refractivity contribution in [1.82, 2.24) is 10.2 Å². The maximum absolute atomic E-state index is 12.7. The zero-order valence-electron chi connectivity index (χ0n) is 16.7. The van der Waals surface area contributed by atoms with E-state index in [9.17, 15) is 9.59 Å². The Kier molecular flexibility index (Phi) is 6.18. The summed E-state index contributed by atoms with van der Waals surface area (Å²) < 4.78 is 0.